The summed E-state index contributed by atoms with van der Waals surface area (Å²) in [5.74, 6) is -1.62. The molecule has 2 N–H and O–H groups in total. The van der Waals surface area contributed by atoms with E-state index in [1.807, 2.05) is 0 Å². The molecule has 0 aliphatic carbocycles. The second-order valence-corrected chi connectivity index (χ2v) is 7.96. The van der Waals surface area contributed by atoms with Crippen LogP contribution in [0.15, 0.2) is 12.1 Å². The first-order chi connectivity index (χ1) is 12.1. The molecule has 1 heterocycles. The summed E-state index contributed by atoms with van der Waals surface area (Å²) in [7, 11) is -4.17. The smallest absolute Gasteiger partial charge is 0.506 e. The van der Waals surface area contributed by atoms with Gasteiger partial charge in [0.25, 0.3) is 5.91 Å². The van der Waals surface area contributed by atoms with Crippen molar-refractivity contribution in [3.63, 3.8) is 0 Å². The van der Waals surface area contributed by atoms with Gasteiger partial charge in [0.05, 0.1) is 0 Å². The number of carbonyl (C=O) groups is 1. The van der Waals surface area contributed by atoms with E-state index < -0.39 is 39.9 Å². The Morgan fingerprint density at radius 2 is 1.74 bits per heavy atom. The van der Waals surface area contributed by atoms with Crippen molar-refractivity contribution in [1.82, 2.24) is 4.72 Å². The van der Waals surface area contributed by atoms with E-state index in [1.54, 1.807) is 4.72 Å². The number of phenolic OH excluding ortho intramolecular Hbond substituents is 1. The van der Waals surface area contributed by atoms with Crippen LogP contribution in [-0.2, 0) is 15.0 Å². The Labute approximate surface area is 173 Å². The zero-order valence-electron chi connectivity index (χ0n) is 16.2. The van der Waals surface area contributed by atoms with E-state index in [9.17, 15) is 22.7 Å². The van der Waals surface area contributed by atoms with Gasteiger partial charge in [-0.25, -0.2) is 13.4 Å². The molecule has 148 valence electrons. The van der Waals surface area contributed by atoms with Crippen molar-refractivity contribution in [3.05, 3.63) is 44.3 Å². The number of rotatable bonds is 5. The molecular formula is C18H26FLiN2O4S-2. The van der Waals surface area contributed by atoms with Gasteiger partial charge < -0.3 is 25.9 Å². The number of nitrogens with one attached hydrogen (secondary N) is 1. The van der Waals surface area contributed by atoms with Gasteiger partial charge in [0.2, 0.25) is 0 Å². The summed E-state index contributed by atoms with van der Waals surface area (Å²) >= 11 is 0. The Bertz CT molecular complexity index is 714. The summed E-state index contributed by atoms with van der Waals surface area (Å²) in [6, 6.07) is 2.41. The Morgan fingerprint density at radius 3 is 2.07 bits per heavy atom. The number of carbonyl (C=O) groups excluding carboxylic acids is 1. The topological polar surface area (TPSA) is 86.7 Å². The van der Waals surface area contributed by atoms with Gasteiger partial charge in [0.1, 0.15) is 18.0 Å². The number of hydrogen-bond donors (Lipinski definition) is 2. The molecule has 2 rings (SSSR count). The standard InChI is InChI=1S/C13H15FN2O4S.C5H11.Li/c1-3-8(4-2)9-5-10(14)13(11(17)6-9)16-7-12(18)15-21(16,19)20;1-4-5(2)3;/h5-6,8,17H,1-4,7H2,(H,15,18);5H,1,4H2,2-3H3;/q-2;-1;+1. The Morgan fingerprint density at radius 1 is 1.22 bits per heavy atom. The number of halogens is 1. The fourth-order valence-corrected chi connectivity index (χ4v) is 3.38. The molecule has 1 amide bonds. The first kappa shape index (κ1) is 25.8. The first-order valence-electron chi connectivity index (χ1n) is 8.30. The van der Waals surface area contributed by atoms with Gasteiger partial charge >= 0.3 is 29.1 Å². The summed E-state index contributed by atoms with van der Waals surface area (Å²) in [5.41, 5.74) is -0.0568. The SMILES string of the molecule is [CH2-]CC(C)C.[CH2-]CC(C[CH2-])c1cc(O)c(N2CC(=O)NS2(=O)=O)c(F)c1.[Li+]. The van der Waals surface area contributed by atoms with Crippen molar-refractivity contribution in [2.75, 3.05) is 10.8 Å². The maximum absolute atomic E-state index is 14.2. The molecule has 0 unspecified atom stereocenters. The molecule has 0 bridgehead atoms. The first-order valence-corrected chi connectivity index (χ1v) is 9.74. The van der Waals surface area contributed by atoms with Crippen molar-refractivity contribution in [2.24, 2.45) is 5.92 Å². The quantitative estimate of drug-likeness (QED) is 0.550. The molecule has 1 fully saturated rings. The van der Waals surface area contributed by atoms with Crippen molar-refractivity contribution in [1.29, 1.82) is 0 Å². The van der Waals surface area contributed by atoms with Crippen molar-refractivity contribution < 1.29 is 41.6 Å². The second kappa shape index (κ2) is 10.9. The van der Waals surface area contributed by atoms with Gasteiger partial charge in [-0.3, -0.25) is 4.79 Å². The largest absolute Gasteiger partial charge is 1.00 e. The molecule has 0 radical (unpaired) electrons. The van der Waals surface area contributed by atoms with E-state index in [0.29, 0.717) is 22.7 Å². The molecule has 27 heavy (non-hydrogen) atoms. The number of hydrogen-bond acceptors (Lipinski definition) is 4. The zero-order chi connectivity index (χ0) is 20.1. The minimum Gasteiger partial charge on any atom is -0.506 e. The molecule has 1 saturated heterocycles. The van der Waals surface area contributed by atoms with Gasteiger partial charge in [0.15, 0.2) is 5.82 Å². The summed E-state index contributed by atoms with van der Waals surface area (Å²) in [5, 5.41) is 9.97. The minimum atomic E-state index is -4.17. The number of anilines is 1. The molecule has 1 aliphatic rings. The number of phenols is 1. The van der Waals surface area contributed by atoms with E-state index in [2.05, 4.69) is 34.6 Å². The van der Waals surface area contributed by atoms with Gasteiger partial charge in [-0.1, -0.05) is 25.7 Å². The molecule has 6 nitrogen and oxygen atoms in total. The van der Waals surface area contributed by atoms with Crippen molar-refractivity contribution >= 4 is 21.8 Å². The fourth-order valence-electron chi connectivity index (χ4n) is 2.21. The van der Waals surface area contributed by atoms with E-state index in [0.717, 1.165) is 18.4 Å². The molecule has 0 atom stereocenters. The van der Waals surface area contributed by atoms with E-state index in [1.165, 1.54) is 6.07 Å². The fraction of sp³-hybridized carbons (Fsp3) is 0.444. The molecule has 1 aromatic rings. The number of amides is 1. The van der Waals surface area contributed by atoms with Crippen LogP contribution < -0.4 is 27.9 Å². The predicted molar refractivity (Wildman–Crippen MR) is 100.0 cm³/mol. The number of nitrogens with zero attached hydrogens (tertiary/aromatic N) is 1. The Balaban J connectivity index is 0.00000100. The molecular weight excluding hydrogens is 366 g/mol. The van der Waals surface area contributed by atoms with Gasteiger partial charge in [-0.05, 0) is 17.7 Å². The van der Waals surface area contributed by atoms with Crippen LogP contribution in [0.5, 0.6) is 5.75 Å². The Kier molecular flexibility index (Phi) is 10.4. The van der Waals surface area contributed by atoms with Crippen LogP contribution in [0.1, 0.15) is 44.6 Å². The molecule has 9 heteroatoms. The van der Waals surface area contributed by atoms with E-state index >= 15 is 0 Å². The maximum Gasteiger partial charge on any atom is 1.00 e. The number of benzene rings is 1. The second-order valence-electron chi connectivity index (χ2n) is 6.36. The van der Waals surface area contributed by atoms with E-state index in [-0.39, 0.29) is 24.8 Å². The third-order valence-electron chi connectivity index (χ3n) is 3.88. The predicted octanol–water partition coefficient (Wildman–Crippen LogP) is 0.115. The molecule has 0 spiro atoms. The zero-order valence-corrected chi connectivity index (χ0v) is 17.0. The van der Waals surface area contributed by atoms with Crippen molar-refractivity contribution in [3.8, 4) is 5.75 Å². The summed E-state index contributed by atoms with van der Waals surface area (Å²) in [6.07, 6.45) is 1.98. The summed E-state index contributed by atoms with van der Waals surface area (Å²) in [4.78, 5) is 11.2. The average molecular weight is 392 g/mol. The molecule has 0 saturated carbocycles. The summed E-state index contributed by atoms with van der Waals surface area (Å²) < 4.78 is 39.9. The Hall–Kier alpha value is -1.23. The van der Waals surface area contributed by atoms with Crippen molar-refractivity contribution in [2.45, 2.75) is 39.0 Å². The van der Waals surface area contributed by atoms with Gasteiger partial charge in [-0.2, -0.15) is 27.7 Å². The molecule has 1 aromatic carbocycles. The average Bonchev–Trinajstić information content (AvgIpc) is 2.81. The normalized spacial score (nSPS) is 15.3. The molecule has 1 aliphatic heterocycles. The van der Waals surface area contributed by atoms with Crippen LogP contribution in [0, 0.1) is 32.5 Å². The van der Waals surface area contributed by atoms with Crippen LogP contribution in [-0.4, -0.2) is 26.0 Å². The third-order valence-corrected chi connectivity index (χ3v) is 5.26. The third kappa shape index (κ3) is 6.70. The van der Waals surface area contributed by atoms with Crippen LogP contribution in [0.25, 0.3) is 0 Å². The molecule has 0 aromatic heterocycles. The minimum absolute atomic E-state index is 0. The maximum atomic E-state index is 14.2. The van der Waals surface area contributed by atoms with Crippen LogP contribution in [0.4, 0.5) is 10.1 Å². The van der Waals surface area contributed by atoms with Gasteiger partial charge in [-0.15, -0.1) is 0 Å². The summed E-state index contributed by atoms with van der Waals surface area (Å²) in [6.45, 7) is 14.9. The van der Waals surface area contributed by atoms with Gasteiger partial charge in [0, 0.05) is 0 Å². The number of aromatic hydroxyl groups is 1. The van der Waals surface area contributed by atoms with Crippen LogP contribution in [0.3, 0.4) is 0 Å². The van der Waals surface area contributed by atoms with Crippen LogP contribution in [0.2, 0.25) is 0 Å². The van der Waals surface area contributed by atoms with Crippen LogP contribution >= 0.6 is 0 Å². The monoisotopic (exact) mass is 392 g/mol. The van der Waals surface area contributed by atoms with E-state index in [4.69, 9.17) is 0 Å².